The van der Waals surface area contributed by atoms with Gasteiger partial charge in [-0.2, -0.15) is 0 Å². The Balaban J connectivity index is 2.23. The lowest BCUT2D eigenvalue weighted by atomic mass is 9.84. The summed E-state index contributed by atoms with van der Waals surface area (Å²) in [5.41, 5.74) is 1.04. The maximum absolute atomic E-state index is 12.6. The van der Waals surface area contributed by atoms with Gasteiger partial charge in [0.05, 0.1) is 15.7 Å². The summed E-state index contributed by atoms with van der Waals surface area (Å²) in [5.74, 6) is -0.371. The van der Waals surface area contributed by atoms with Crippen molar-refractivity contribution in [2.45, 2.75) is 43.3 Å². The number of sulfone groups is 1. The Morgan fingerprint density at radius 2 is 1.56 bits per heavy atom. The van der Waals surface area contributed by atoms with Crippen LogP contribution in [-0.2, 0) is 15.3 Å². The van der Waals surface area contributed by atoms with Gasteiger partial charge in [-0.1, -0.05) is 56.3 Å². The van der Waals surface area contributed by atoms with Crippen LogP contribution in [0.3, 0.4) is 0 Å². The topological polar surface area (TPSA) is 63.2 Å². The van der Waals surface area contributed by atoms with Crippen LogP contribution >= 0.6 is 0 Å². The second-order valence-electron chi connectivity index (χ2n) is 7.02. The molecule has 0 aliphatic carbocycles. The van der Waals surface area contributed by atoms with E-state index in [2.05, 4.69) is 5.32 Å². The van der Waals surface area contributed by atoms with Crippen LogP contribution in [0, 0.1) is 0 Å². The Hall–Kier alpha value is -2.14. The summed E-state index contributed by atoms with van der Waals surface area (Å²) in [6, 6.07) is 16.3. The molecule has 0 atom stereocenters. The molecule has 0 heterocycles. The van der Waals surface area contributed by atoms with Crippen LogP contribution in [0.1, 0.15) is 43.6 Å². The monoisotopic (exact) mass is 359 g/mol. The molecule has 0 bridgehead atoms. The van der Waals surface area contributed by atoms with Crippen molar-refractivity contribution in [2.75, 3.05) is 6.54 Å². The second-order valence-corrected chi connectivity index (χ2v) is 9.50. The van der Waals surface area contributed by atoms with E-state index in [0.717, 1.165) is 5.56 Å². The highest BCUT2D eigenvalue weighted by molar-refractivity contribution is 7.92. The molecule has 2 aromatic rings. The smallest absolute Gasteiger partial charge is 0.252 e. The summed E-state index contributed by atoms with van der Waals surface area (Å²) in [6.45, 7) is 7.72. The molecule has 25 heavy (non-hydrogen) atoms. The summed E-state index contributed by atoms with van der Waals surface area (Å²) in [4.78, 5) is 12.7. The molecule has 0 aliphatic heterocycles. The third-order valence-electron chi connectivity index (χ3n) is 4.30. The maximum Gasteiger partial charge on any atom is 0.252 e. The minimum atomic E-state index is -3.52. The first-order valence-corrected chi connectivity index (χ1v) is 9.87. The SMILES string of the molecule is CC(C)S(=O)(=O)c1ccccc1C(=O)NCC(C)(C)c1ccccc1. The lowest BCUT2D eigenvalue weighted by Crippen LogP contribution is -2.37. The van der Waals surface area contributed by atoms with Crippen molar-refractivity contribution in [1.29, 1.82) is 0 Å². The molecular formula is C20H25NO3S. The lowest BCUT2D eigenvalue weighted by molar-refractivity contribution is 0.0942. The molecule has 0 saturated heterocycles. The third kappa shape index (κ3) is 4.28. The van der Waals surface area contributed by atoms with Gasteiger partial charge in [-0.25, -0.2) is 8.42 Å². The van der Waals surface area contributed by atoms with Crippen LogP contribution in [0.25, 0.3) is 0 Å². The highest BCUT2D eigenvalue weighted by Crippen LogP contribution is 2.23. The van der Waals surface area contributed by atoms with Crippen molar-refractivity contribution in [3.05, 3.63) is 65.7 Å². The highest BCUT2D eigenvalue weighted by atomic mass is 32.2. The molecule has 0 radical (unpaired) electrons. The number of carbonyl (C=O) groups is 1. The molecular weight excluding hydrogens is 334 g/mol. The lowest BCUT2D eigenvalue weighted by Gasteiger charge is -2.26. The fraction of sp³-hybridized carbons (Fsp3) is 0.350. The summed E-state index contributed by atoms with van der Waals surface area (Å²) >= 11 is 0. The number of carbonyl (C=O) groups excluding carboxylic acids is 1. The Labute approximate surface area is 150 Å². The van der Waals surface area contributed by atoms with Crippen molar-refractivity contribution in [1.82, 2.24) is 5.32 Å². The zero-order valence-electron chi connectivity index (χ0n) is 15.1. The standard InChI is InChI=1S/C20H25NO3S/c1-15(2)25(23,24)18-13-9-8-12-17(18)19(22)21-14-20(3,4)16-10-6-5-7-11-16/h5-13,15H,14H2,1-4H3,(H,21,22). The molecule has 5 heteroatoms. The first-order chi connectivity index (χ1) is 11.7. The van der Waals surface area contributed by atoms with E-state index >= 15 is 0 Å². The molecule has 0 fully saturated rings. The summed E-state index contributed by atoms with van der Waals surface area (Å²) in [5, 5.41) is 2.30. The summed E-state index contributed by atoms with van der Waals surface area (Å²) in [7, 11) is -3.52. The normalized spacial score (nSPS) is 12.2. The Bertz CT molecular complexity index is 840. The van der Waals surface area contributed by atoms with Crippen LogP contribution in [-0.4, -0.2) is 26.1 Å². The van der Waals surface area contributed by atoms with E-state index in [-0.39, 0.29) is 21.8 Å². The molecule has 0 aliphatic rings. The quantitative estimate of drug-likeness (QED) is 0.857. The first kappa shape index (κ1) is 19.2. The molecule has 2 rings (SSSR count). The Morgan fingerprint density at radius 3 is 2.16 bits per heavy atom. The number of hydrogen-bond donors (Lipinski definition) is 1. The molecule has 0 saturated carbocycles. The average molecular weight is 359 g/mol. The fourth-order valence-corrected chi connectivity index (χ4v) is 3.79. The predicted molar refractivity (Wildman–Crippen MR) is 101 cm³/mol. The van der Waals surface area contributed by atoms with Gasteiger partial charge in [0.1, 0.15) is 0 Å². The van der Waals surface area contributed by atoms with Gasteiger partial charge >= 0.3 is 0 Å². The highest BCUT2D eigenvalue weighted by Gasteiger charge is 2.26. The zero-order valence-corrected chi connectivity index (χ0v) is 15.9. The summed E-state index contributed by atoms with van der Waals surface area (Å²) < 4.78 is 25.0. The zero-order chi connectivity index (χ0) is 18.7. The number of nitrogens with one attached hydrogen (secondary N) is 1. The van der Waals surface area contributed by atoms with Crippen molar-refractivity contribution in [3.63, 3.8) is 0 Å². The van der Waals surface area contributed by atoms with E-state index in [9.17, 15) is 13.2 Å². The maximum atomic E-state index is 12.6. The first-order valence-electron chi connectivity index (χ1n) is 8.33. The van der Waals surface area contributed by atoms with Gasteiger partial charge in [-0.15, -0.1) is 0 Å². The minimum absolute atomic E-state index is 0.0833. The van der Waals surface area contributed by atoms with E-state index < -0.39 is 15.1 Å². The second kappa shape index (κ2) is 7.40. The fourth-order valence-electron chi connectivity index (χ4n) is 2.54. The van der Waals surface area contributed by atoms with Crippen LogP contribution < -0.4 is 5.32 Å². The van der Waals surface area contributed by atoms with E-state index in [1.165, 1.54) is 6.07 Å². The van der Waals surface area contributed by atoms with Crippen molar-refractivity contribution < 1.29 is 13.2 Å². The largest absolute Gasteiger partial charge is 0.351 e. The number of benzene rings is 2. The van der Waals surface area contributed by atoms with Gasteiger partial charge in [-0.3, -0.25) is 4.79 Å². The van der Waals surface area contributed by atoms with Crippen LogP contribution in [0.15, 0.2) is 59.5 Å². The number of rotatable bonds is 6. The molecule has 1 amide bonds. The van der Waals surface area contributed by atoms with Gasteiger partial charge in [0.2, 0.25) is 0 Å². The molecule has 134 valence electrons. The van der Waals surface area contributed by atoms with E-state index in [1.807, 2.05) is 44.2 Å². The molecule has 2 aromatic carbocycles. The van der Waals surface area contributed by atoms with Gasteiger partial charge in [0.15, 0.2) is 9.84 Å². The van der Waals surface area contributed by atoms with Crippen molar-refractivity contribution in [3.8, 4) is 0 Å². The van der Waals surface area contributed by atoms with Crippen LogP contribution in [0.5, 0.6) is 0 Å². The minimum Gasteiger partial charge on any atom is -0.351 e. The van der Waals surface area contributed by atoms with Crippen molar-refractivity contribution >= 4 is 15.7 Å². The molecule has 4 nitrogen and oxygen atoms in total. The molecule has 0 unspecified atom stereocenters. The van der Waals surface area contributed by atoms with Crippen molar-refractivity contribution in [2.24, 2.45) is 0 Å². The van der Waals surface area contributed by atoms with Gasteiger partial charge < -0.3 is 5.32 Å². The van der Waals surface area contributed by atoms with Gasteiger partial charge in [0.25, 0.3) is 5.91 Å². The van der Waals surface area contributed by atoms with Gasteiger partial charge in [0, 0.05) is 12.0 Å². The third-order valence-corrected chi connectivity index (χ3v) is 6.52. The molecule has 0 aromatic heterocycles. The van der Waals surface area contributed by atoms with Crippen LogP contribution in [0.4, 0.5) is 0 Å². The molecule has 1 N–H and O–H groups in total. The predicted octanol–water partition coefficient (Wildman–Crippen LogP) is 3.58. The average Bonchev–Trinajstić information content (AvgIpc) is 2.60. The molecule has 0 spiro atoms. The van der Waals surface area contributed by atoms with Crippen LogP contribution in [0.2, 0.25) is 0 Å². The number of hydrogen-bond acceptors (Lipinski definition) is 3. The van der Waals surface area contributed by atoms with Gasteiger partial charge in [-0.05, 0) is 31.5 Å². The summed E-state index contributed by atoms with van der Waals surface area (Å²) in [6.07, 6.45) is 0. The Morgan fingerprint density at radius 1 is 1.00 bits per heavy atom. The van der Waals surface area contributed by atoms with E-state index in [4.69, 9.17) is 0 Å². The van der Waals surface area contributed by atoms with E-state index in [1.54, 1.807) is 32.0 Å². The Kier molecular flexibility index (Phi) is 5.68. The van der Waals surface area contributed by atoms with E-state index in [0.29, 0.717) is 6.54 Å². The number of amides is 1.